The fourth-order valence-corrected chi connectivity index (χ4v) is 3.93. The van der Waals surface area contributed by atoms with Crippen LogP contribution in [0.5, 0.6) is 11.5 Å². The Morgan fingerprint density at radius 3 is 2.26 bits per heavy atom. The van der Waals surface area contributed by atoms with Gasteiger partial charge in [-0.05, 0) is 77.2 Å². The second-order valence-electron chi connectivity index (χ2n) is 7.13. The maximum atomic E-state index is 12.7. The highest BCUT2D eigenvalue weighted by Gasteiger charge is 2.23. The second kappa shape index (κ2) is 9.51. The minimum absolute atomic E-state index is 0.0719. The Morgan fingerprint density at radius 1 is 0.903 bits per heavy atom. The van der Waals surface area contributed by atoms with Crippen molar-refractivity contribution in [1.82, 2.24) is 15.1 Å². The Bertz CT molecular complexity index is 1050. The summed E-state index contributed by atoms with van der Waals surface area (Å²) in [6, 6.07) is 17.2. The van der Waals surface area contributed by atoms with Crippen LogP contribution in [0.15, 0.2) is 54.6 Å². The Hall–Kier alpha value is -2.88. The molecule has 8 heteroatoms. The number of carbonyl (C=O) groups excluding carboxylic acids is 1. The van der Waals surface area contributed by atoms with Crippen molar-refractivity contribution in [3.05, 3.63) is 63.7 Å². The van der Waals surface area contributed by atoms with E-state index < -0.39 is 0 Å². The van der Waals surface area contributed by atoms with Gasteiger partial charge < -0.3 is 19.3 Å². The molecule has 160 valence electrons. The number of nitrogens with zero attached hydrogens (tertiary/aromatic N) is 4. The van der Waals surface area contributed by atoms with Gasteiger partial charge in [-0.3, -0.25) is 4.79 Å². The summed E-state index contributed by atoms with van der Waals surface area (Å²) in [4.78, 5) is 16.8. The van der Waals surface area contributed by atoms with Crippen LogP contribution < -0.4 is 14.4 Å². The molecule has 0 unspecified atom stereocenters. The molecule has 1 amide bonds. The first-order valence-electron chi connectivity index (χ1n) is 9.95. The first-order valence-corrected chi connectivity index (χ1v) is 11.0. The number of amides is 1. The summed E-state index contributed by atoms with van der Waals surface area (Å²) >= 11 is 2.24. The lowest BCUT2D eigenvalue weighted by molar-refractivity contribution is 0.0746. The quantitative estimate of drug-likeness (QED) is 0.469. The molecule has 0 N–H and O–H groups in total. The van der Waals surface area contributed by atoms with Gasteiger partial charge in [-0.25, -0.2) is 0 Å². The molecule has 0 radical (unpaired) electrons. The molecular formula is C23H23IN4O3. The van der Waals surface area contributed by atoms with Crippen LogP contribution in [-0.4, -0.2) is 61.4 Å². The van der Waals surface area contributed by atoms with Crippen molar-refractivity contribution in [2.75, 3.05) is 45.3 Å². The summed E-state index contributed by atoms with van der Waals surface area (Å²) < 4.78 is 11.9. The van der Waals surface area contributed by atoms with Crippen molar-refractivity contribution < 1.29 is 14.3 Å². The van der Waals surface area contributed by atoms with Crippen LogP contribution >= 0.6 is 22.6 Å². The summed E-state index contributed by atoms with van der Waals surface area (Å²) in [6.45, 7) is 2.73. The Labute approximate surface area is 195 Å². The maximum absolute atomic E-state index is 12.7. The summed E-state index contributed by atoms with van der Waals surface area (Å²) in [6.07, 6.45) is 0. The van der Waals surface area contributed by atoms with E-state index in [0.29, 0.717) is 37.6 Å². The maximum Gasteiger partial charge on any atom is 0.253 e. The highest BCUT2D eigenvalue weighted by Crippen LogP contribution is 2.32. The topological polar surface area (TPSA) is 67.8 Å². The van der Waals surface area contributed by atoms with Crippen LogP contribution in [-0.2, 0) is 0 Å². The number of anilines is 1. The number of halogens is 1. The molecule has 1 aromatic heterocycles. The van der Waals surface area contributed by atoms with E-state index in [-0.39, 0.29) is 5.91 Å². The van der Waals surface area contributed by atoms with E-state index in [2.05, 4.69) is 37.7 Å². The molecule has 4 rings (SSSR count). The van der Waals surface area contributed by atoms with E-state index in [4.69, 9.17) is 9.47 Å². The van der Waals surface area contributed by atoms with E-state index in [1.54, 1.807) is 14.2 Å². The number of methoxy groups -OCH3 is 2. The lowest BCUT2D eigenvalue weighted by atomic mass is 10.1. The van der Waals surface area contributed by atoms with Gasteiger partial charge in [-0.2, -0.15) is 0 Å². The number of ether oxygens (including phenoxy) is 2. The van der Waals surface area contributed by atoms with Crippen molar-refractivity contribution >= 4 is 34.3 Å². The Kier molecular flexibility index (Phi) is 6.55. The zero-order valence-electron chi connectivity index (χ0n) is 17.4. The molecule has 7 nitrogen and oxygen atoms in total. The molecule has 1 fully saturated rings. The van der Waals surface area contributed by atoms with Gasteiger partial charge in [0.1, 0.15) is 11.5 Å². The van der Waals surface area contributed by atoms with Crippen molar-refractivity contribution in [3.63, 3.8) is 0 Å². The predicted molar refractivity (Wildman–Crippen MR) is 128 cm³/mol. The Morgan fingerprint density at radius 2 is 1.65 bits per heavy atom. The van der Waals surface area contributed by atoms with E-state index in [1.807, 2.05) is 59.5 Å². The molecule has 0 aliphatic carbocycles. The third-order valence-corrected chi connectivity index (χ3v) is 6.03. The molecule has 2 aromatic carbocycles. The standard InChI is InChI=1S/C23H23IN4O3/c1-30-18-7-9-21(31-2)19(15-18)20-8-10-22(26-25-20)27-11-13-28(14-12-27)23(29)16-3-5-17(24)6-4-16/h3-10,15H,11-14H2,1-2H3. The fraction of sp³-hybridized carbons (Fsp3) is 0.261. The van der Waals surface area contributed by atoms with Crippen LogP contribution in [0.2, 0.25) is 0 Å². The van der Waals surface area contributed by atoms with Crippen molar-refractivity contribution in [1.29, 1.82) is 0 Å². The highest BCUT2D eigenvalue weighted by molar-refractivity contribution is 14.1. The van der Waals surface area contributed by atoms with E-state index in [0.717, 1.165) is 26.3 Å². The van der Waals surface area contributed by atoms with Crippen molar-refractivity contribution in [2.24, 2.45) is 0 Å². The molecule has 1 aliphatic rings. The number of hydrogen-bond donors (Lipinski definition) is 0. The van der Waals surface area contributed by atoms with Crippen molar-refractivity contribution in [3.8, 4) is 22.8 Å². The van der Waals surface area contributed by atoms with Gasteiger partial charge in [0.15, 0.2) is 5.82 Å². The van der Waals surface area contributed by atoms with Crippen molar-refractivity contribution in [2.45, 2.75) is 0 Å². The van der Waals surface area contributed by atoms with Gasteiger partial charge in [0.25, 0.3) is 5.91 Å². The van der Waals surface area contributed by atoms with E-state index in [1.165, 1.54) is 0 Å². The lowest BCUT2D eigenvalue weighted by Crippen LogP contribution is -2.49. The second-order valence-corrected chi connectivity index (χ2v) is 8.37. The predicted octanol–water partition coefficient (Wildman–Crippen LogP) is 3.73. The fourth-order valence-electron chi connectivity index (χ4n) is 3.57. The smallest absolute Gasteiger partial charge is 0.253 e. The number of carbonyl (C=O) groups is 1. The molecule has 0 atom stereocenters. The number of hydrogen-bond acceptors (Lipinski definition) is 6. The summed E-state index contributed by atoms with van der Waals surface area (Å²) in [7, 11) is 3.26. The largest absolute Gasteiger partial charge is 0.497 e. The molecule has 3 aromatic rings. The molecular weight excluding hydrogens is 507 g/mol. The minimum Gasteiger partial charge on any atom is -0.497 e. The molecule has 0 saturated carbocycles. The summed E-state index contributed by atoms with van der Waals surface area (Å²) in [5.41, 5.74) is 2.27. The minimum atomic E-state index is 0.0719. The number of benzene rings is 2. The van der Waals surface area contributed by atoms with E-state index in [9.17, 15) is 4.79 Å². The zero-order chi connectivity index (χ0) is 21.8. The van der Waals surface area contributed by atoms with Crippen LogP contribution in [0.3, 0.4) is 0 Å². The SMILES string of the molecule is COc1ccc(OC)c(-c2ccc(N3CCN(C(=O)c4ccc(I)cc4)CC3)nn2)c1. The molecule has 1 aliphatic heterocycles. The number of rotatable bonds is 5. The van der Waals surface area contributed by atoms with Gasteiger partial charge in [0, 0.05) is 40.9 Å². The highest BCUT2D eigenvalue weighted by atomic mass is 127. The molecule has 0 bridgehead atoms. The van der Waals surface area contributed by atoms with Gasteiger partial charge in [-0.15, -0.1) is 10.2 Å². The zero-order valence-corrected chi connectivity index (χ0v) is 19.6. The van der Waals surface area contributed by atoms with Crippen LogP contribution in [0.1, 0.15) is 10.4 Å². The van der Waals surface area contributed by atoms with Gasteiger partial charge in [0.2, 0.25) is 0 Å². The Balaban J connectivity index is 1.43. The third-order valence-electron chi connectivity index (χ3n) is 5.32. The summed E-state index contributed by atoms with van der Waals surface area (Å²) in [5, 5.41) is 8.83. The molecule has 0 spiro atoms. The third kappa shape index (κ3) is 4.73. The first-order chi connectivity index (χ1) is 15.1. The van der Waals surface area contributed by atoms with Gasteiger partial charge in [-0.1, -0.05) is 0 Å². The molecule has 31 heavy (non-hydrogen) atoms. The first kappa shape index (κ1) is 21.4. The van der Waals surface area contributed by atoms with Gasteiger partial charge >= 0.3 is 0 Å². The van der Waals surface area contributed by atoms with Crippen LogP contribution in [0, 0.1) is 3.57 Å². The monoisotopic (exact) mass is 530 g/mol. The summed E-state index contributed by atoms with van der Waals surface area (Å²) in [5.74, 6) is 2.32. The molecule has 2 heterocycles. The number of piperazine rings is 1. The molecule has 1 saturated heterocycles. The lowest BCUT2D eigenvalue weighted by Gasteiger charge is -2.35. The number of aromatic nitrogens is 2. The van der Waals surface area contributed by atoms with Gasteiger partial charge in [0.05, 0.1) is 19.9 Å². The van der Waals surface area contributed by atoms with E-state index >= 15 is 0 Å². The average molecular weight is 530 g/mol. The van der Waals surface area contributed by atoms with Crippen LogP contribution in [0.25, 0.3) is 11.3 Å². The normalized spacial score (nSPS) is 13.8. The van der Waals surface area contributed by atoms with Crippen LogP contribution in [0.4, 0.5) is 5.82 Å². The average Bonchev–Trinajstić information content (AvgIpc) is 2.84.